The van der Waals surface area contributed by atoms with Crippen molar-refractivity contribution in [1.29, 1.82) is 0 Å². The summed E-state index contributed by atoms with van der Waals surface area (Å²) < 4.78 is 5.38. The molecule has 1 amide bonds. The number of ether oxygens (including phenoxy) is 1. The first-order valence-electron chi connectivity index (χ1n) is 6.40. The van der Waals surface area contributed by atoms with Crippen LogP contribution < -0.4 is 10.6 Å². The van der Waals surface area contributed by atoms with Crippen LogP contribution in [0.3, 0.4) is 0 Å². The summed E-state index contributed by atoms with van der Waals surface area (Å²) in [6.07, 6.45) is 0.961. The standard InChI is InChI=1S/C14H20N2O2/c1-10(2)18-8-7-15-14(17)13-9-11-5-3-4-6-12(11)16-13/h3-6,10,13,16H,7-9H2,1-2H3,(H,15,17). The molecule has 0 fully saturated rings. The van der Waals surface area contributed by atoms with Gasteiger partial charge in [0.15, 0.2) is 0 Å². The highest BCUT2D eigenvalue weighted by molar-refractivity contribution is 5.87. The maximum absolute atomic E-state index is 11.9. The van der Waals surface area contributed by atoms with Crippen molar-refractivity contribution in [2.24, 2.45) is 0 Å². The van der Waals surface area contributed by atoms with Crippen molar-refractivity contribution in [2.75, 3.05) is 18.5 Å². The Morgan fingerprint density at radius 1 is 1.50 bits per heavy atom. The molecule has 1 heterocycles. The minimum Gasteiger partial charge on any atom is -0.377 e. The third kappa shape index (κ3) is 3.23. The molecular weight excluding hydrogens is 228 g/mol. The summed E-state index contributed by atoms with van der Waals surface area (Å²) in [6.45, 7) is 5.09. The lowest BCUT2D eigenvalue weighted by Crippen LogP contribution is -2.40. The number of amides is 1. The van der Waals surface area contributed by atoms with E-state index >= 15 is 0 Å². The molecule has 0 saturated heterocycles. The third-order valence-corrected chi connectivity index (χ3v) is 2.94. The van der Waals surface area contributed by atoms with Crippen molar-refractivity contribution >= 4 is 11.6 Å². The van der Waals surface area contributed by atoms with Crippen molar-refractivity contribution in [3.8, 4) is 0 Å². The van der Waals surface area contributed by atoms with Crippen LogP contribution in [-0.4, -0.2) is 31.2 Å². The van der Waals surface area contributed by atoms with Gasteiger partial charge in [-0.05, 0) is 25.5 Å². The van der Waals surface area contributed by atoms with Gasteiger partial charge in [-0.25, -0.2) is 0 Å². The smallest absolute Gasteiger partial charge is 0.242 e. The zero-order chi connectivity index (χ0) is 13.0. The van der Waals surface area contributed by atoms with Gasteiger partial charge >= 0.3 is 0 Å². The molecule has 0 aliphatic carbocycles. The van der Waals surface area contributed by atoms with Crippen molar-refractivity contribution < 1.29 is 9.53 Å². The summed E-state index contributed by atoms with van der Waals surface area (Å²) in [5.41, 5.74) is 2.27. The van der Waals surface area contributed by atoms with E-state index in [1.54, 1.807) is 0 Å². The van der Waals surface area contributed by atoms with E-state index in [-0.39, 0.29) is 18.1 Å². The van der Waals surface area contributed by atoms with Gasteiger partial charge < -0.3 is 15.4 Å². The summed E-state index contributed by atoms with van der Waals surface area (Å²) in [5, 5.41) is 6.12. The van der Waals surface area contributed by atoms with Crippen LogP contribution >= 0.6 is 0 Å². The van der Waals surface area contributed by atoms with E-state index in [9.17, 15) is 4.79 Å². The van der Waals surface area contributed by atoms with Crippen LogP contribution in [0.1, 0.15) is 19.4 Å². The van der Waals surface area contributed by atoms with Gasteiger partial charge in [0.25, 0.3) is 0 Å². The Bertz CT molecular complexity index is 393. The normalized spacial score (nSPS) is 17.4. The van der Waals surface area contributed by atoms with E-state index in [1.807, 2.05) is 32.0 Å². The Morgan fingerprint density at radius 3 is 3.00 bits per heavy atom. The highest BCUT2D eigenvalue weighted by atomic mass is 16.5. The SMILES string of the molecule is CC(C)OCCNC(=O)C1Cc2ccccc2N1. The third-order valence-electron chi connectivity index (χ3n) is 2.94. The Hall–Kier alpha value is -1.55. The molecule has 2 N–H and O–H groups in total. The topological polar surface area (TPSA) is 50.4 Å². The molecule has 0 saturated carbocycles. The second-order valence-electron chi connectivity index (χ2n) is 4.77. The number of carbonyl (C=O) groups excluding carboxylic acids is 1. The molecule has 18 heavy (non-hydrogen) atoms. The molecule has 98 valence electrons. The molecule has 0 radical (unpaired) electrons. The van der Waals surface area contributed by atoms with Crippen LogP contribution in [0.15, 0.2) is 24.3 Å². The number of hydrogen-bond acceptors (Lipinski definition) is 3. The second kappa shape index (κ2) is 5.87. The maximum atomic E-state index is 11.9. The van der Waals surface area contributed by atoms with E-state index in [0.29, 0.717) is 13.2 Å². The predicted octanol–water partition coefficient (Wildman–Crippen LogP) is 1.56. The number of para-hydroxylation sites is 1. The van der Waals surface area contributed by atoms with E-state index in [0.717, 1.165) is 12.1 Å². The minimum atomic E-state index is -0.151. The number of hydrogen-bond donors (Lipinski definition) is 2. The zero-order valence-corrected chi connectivity index (χ0v) is 10.9. The fourth-order valence-electron chi connectivity index (χ4n) is 2.05. The fraction of sp³-hybridized carbons (Fsp3) is 0.500. The molecule has 2 rings (SSSR count). The molecule has 1 atom stereocenters. The average molecular weight is 248 g/mol. The minimum absolute atomic E-state index is 0.0403. The van der Waals surface area contributed by atoms with E-state index < -0.39 is 0 Å². The monoisotopic (exact) mass is 248 g/mol. The van der Waals surface area contributed by atoms with Crippen LogP contribution in [0, 0.1) is 0 Å². The van der Waals surface area contributed by atoms with Crippen LogP contribution in [0.4, 0.5) is 5.69 Å². The summed E-state index contributed by atoms with van der Waals surface area (Å²) in [6, 6.07) is 7.88. The number of fused-ring (bicyclic) bond motifs is 1. The van der Waals surface area contributed by atoms with Crippen LogP contribution in [-0.2, 0) is 16.0 Å². The van der Waals surface area contributed by atoms with Crippen LogP contribution in [0.2, 0.25) is 0 Å². The predicted molar refractivity (Wildman–Crippen MR) is 71.7 cm³/mol. The number of rotatable bonds is 5. The van der Waals surface area contributed by atoms with E-state index in [2.05, 4.69) is 16.7 Å². The van der Waals surface area contributed by atoms with Gasteiger partial charge in [-0.3, -0.25) is 4.79 Å². The Morgan fingerprint density at radius 2 is 2.28 bits per heavy atom. The second-order valence-corrected chi connectivity index (χ2v) is 4.77. The summed E-state index contributed by atoms with van der Waals surface area (Å²) in [5.74, 6) is 0.0403. The summed E-state index contributed by atoms with van der Waals surface area (Å²) in [7, 11) is 0. The van der Waals surface area contributed by atoms with Gasteiger partial charge in [-0.1, -0.05) is 18.2 Å². The first-order valence-corrected chi connectivity index (χ1v) is 6.40. The molecule has 1 aliphatic rings. The molecule has 1 aromatic carbocycles. The van der Waals surface area contributed by atoms with Gasteiger partial charge in [0.1, 0.15) is 6.04 Å². The van der Waals surface area contributed by atoms with Crippen LogP contribution in [0.5, 0.6) is 0 Å². The molecule has 0 aromatic heterocycles. The van der Waals surface area contributed by atoms with Crippen molar-refractivity contribution in [3.63, 3.8) is 0 Å². The number of carbonyl (C=O) groups is 1. The summed E-state index contributed by atoms with van der Waals surface area (Å²) >= 11 is 0. The van der Waals surface area contributed by atoms with Crippen LogP contribution in [0.25, 0.3) is 0 Å². The molecule has 1 aliphatic heterocycles. The maximum Gasteiger partial charge on any atom is 0.242 e. The molecule has 4 nitrogen and oxygen atoms in total. The fourth-order valence-corrected chi connectivity index (χ4v) is 2.05. The van der Waals surface area contributed by atoms with Gasteiger partial charge in [-0.2, -0.15) is 0 Å². The molecule has 0 bridgehead atoms. The first kappa shape index (κ1) is 12.9. The highest BCUT2D eigenvalue weighted by Crippen LogP contribution is 2.24. The average Bonchev–Trinajstić information content (AvgIpc) is 2.78. The van der Waals surface area contributed by atoms with Gasteiger partial charge in [0.05, 0.1) is 12.7 Å². The quantitative estimate of drug-likeness (QED) is 0.778. The molecule has 0 spiro atoms. The van der Waals surface area contributed by atoms with Crippen molar-refractivity contribution in [3.05, 3.63) is 29.8 Å². The van der Waals surface area contributed by atoms with Gasteiger partial charge in [0, 0.05) is 18.7 Å². The Balaban J connectivity index is 1.76. The lowest BCUT2D eigenvalue weighted by atomic mass is 10.1. The van der Waals surface area contributed by atoms with Gasteiger partial charge in [0.2, 0.25) is 5.91 Å². The highest BCUT2D eigenvalue weighted by Gasteiger charge is 2.25. The summed E-state index contributed by atoms with van der Waals surface area (Å²) in [4.78, 5) is 11.9. The van der Waals surface area contributed by atoms with Gasteiger partial charge in [-0.15, -0.1) is 0 Å². The molecule has 1 aromatic rings. The van der Waals surface area contributed by atoms with Crippen molar-refractivity contribution in [1.82, 2.24) is 5.32 Å². The largest absolute Gasteiger partial charge is 0.377 e. The first-order chi connectivity index (χ1) is 8.66. The van der Waals surface area contributed by atoms with E-state index in [1.165, 1.54) is 5.56 Å². The molecule has 4 heteroatoms. The number of anilines is 1. The number of nitrogens with one attached hydrogen (secondary N) is 2. The Kier molecular flexibility index (Phi) is 4.20. The Labute approximate surface area is 108 Å². The van der Waals surface area contributed by atoms with Crippen molar-refractivity contribution in [2.45, 2.75) is 32.4 Å². The molecule has 1 unspecified atom stereocenters. The molecular formula is C14H20N2O2. The van der Waals surface area contributed by atoms with E-state index in [4.69, 9.17) is 4.74 Å². The number of benzene rings is 1. The zero-order valence-electron chi connectivity index (χ0n) is 10.9. The lowest BCUT2D eigenvalue weighted by molar-refractivity contribution is -0.122. The lowest BCUT2D eigenvalue weighted by Gasteiger charge is -2.13.